The molecule has 1 aromatic rings. The highest BCUT2D eigenvalue weighted by atomic mass is 32.1. The van der Waals surface area contributed by atoms with E-state index in [9.17, 15) is 0 Å². The standard InChI is InChI=1S/C14H25N3OS/c1-5-6-11-13(9-15-3)19-14(16-11)17(4)12-7-8-18-10(12)2/h10,12,15H,5-9H2,1-4H3. The van der Waals surface area contributed by atoms with E-state index >= 15 is 0 Å². The normalized spacial score (nSPS) is 22.9. The van der Waals surface area contributed by atoms with Crippen molar-refractivity contribution in [1.82, 2.24) is 10.3 Å². The molecule has 2 rings (SSSR count). The summed E-state index contributed by atoms with van der Waals surface area (Å²) in [4.78, 5) is 8.53. The van der Waals surface area contributed by atoms with Crippen molar-refractivity contribution >= 4 is 16.5 Å². The number of thiazole rings is 1. The number of likely N-dealkylation sites (N-methyl/N-ethyl adjacent to an activating group) is 1. The molecule has 1 saturated heterocycles. The Morgan fingerprint density at radius 2 is 2.32 bits per heavy atom. The van der Waals surface area contributed by atoms with Crippen LogP contribution in [0.15, 0.2) is 0 Å². The van der Waals surface area contributed by atoms with Crippen LogP contribution >= 0.6 is 11.3 Å². The van der Waals surface area contributed by atoms with Gasteiger partial charge in [0.25, 0.3) is 0 Å². The molecule has 1 N–H and O–H groups in total. The Hall–Kier alpha value is -0.650. The molecule has 2 heterocycles. The van der Waals surface area contributed by atoms with Crippen molar-refractivity contribution in [3.8, 4) is 0 Å². The van der Waals surface area contributed by atoms with Crippen LogP contribution in [-0.4, -0.2) is 37.8 Å². The molecule has 1 aliphatic heterocycles. The van der Waals surface area contributed by atoms with E-state index in [1.54, 1.807) is 0 Å². The van der Waals surface area contributed by atoms with Crippen LogP contribution in [0, 0.1) is 0 Å². The molecule has 4 nitrogen and oxygen atoms in total. The lowest BCUT2D eigenvalue weighted by molar-refractivity contribution is 0.118. The molecule has 1 aliphatic rings. The van der Waals surface area contributed by atoms with Crippen LogP contribution in [0.4, 0.5) is 5.13 Å². The fraction of sp³-hybridized carbons (Fsp3) is 0.786. The van der Waals surface area contributed by atoms with E-state index in [-0.39, 0.29) is 0 Å². The summed E-state index contributed by atoms with van der Waals surface area (Å²) in [5.41, 5.74) is 1.26. The van der Waals surface area contributed by atoms with Gasteiger partial charge in [-0.05, 0) is 26.8 Å². The lowest BCUT2D eigenvalue weighted by atomic mass is 10.1. The van der Waals surface area contributed by atoms with Crippen molar-refractivity contribution in [2.45, 2.75) is 51.8 Å². The summed E-state index contributed by atoms with van der Waals surface area (Å²) in [6.07, 6.45) is 3.61. The smallest absolute Gasteiger partial charge is 0.185 e. The summed E-state index contributed by atoms with van der Waals surface area (Å²) in [5, 5.41) is 4.38. The van der Waals surface area contributed by atoms with E-state index < -0.39 is 0 Å². The Labute approximate surface area is 120 Å². The number of hydrogen-bond acceptors (Lipinski definition) is 5. The van der Waals surface area contributed by atoms with Crippen molar-refractivity contribution in [2.24, 2.45) is 0 Å². The first-order valence-corrected chi connectivity index (χ1v) is 7.96. The molecule has 0 aliphatic carbocycles. The van der Waals surface area contributed by atoms with Gasteiger partial charge < -0.3 is 15.0 Å². The van der Waals surface area contributed by atoms with Gasteiger partial charge in [-0.25, -0.2) is 4.98 Å². The number of nitrogens with one attached hydrogen (secondary N) is 1. The zero-order valence-electron chi connectivity index (χ0n) is 12.4. The maximum atomic E-state index is 5.66. The summed E-state index contributed by atoms with van der Waals surface area (Å²) in [7, 11) is 4.14. The molecule has 0 bridgehead atoms. The Morgan fingerprint density at radius 1 is 1.53 bits per heavy atom. The number of aromatic nitrogens is 1. The summed E-state index contributed by atoms with van der Waals surface area (Å²) < 4.78 is 5.66. The molecule has 1 aromatic heterocycles. The van der Waals surface area contributed by atoms with Crippen LogP contribution < -0.4 is 10.2 Å². The van der Waals surface area contributed by atoms with Gasteiger partial charge in [0, 0.05) is 25.1 Å². The van der Waals surface area contributed by atoms with Crippen molar-refractivity contribution < 1.29 is 4.74 Å². The number of rotatable bonds is 6. The Morgan fingerprint density at radius 3 is 2.89 bits per heavy atom. The molecular formula is C14H25N3OS. The number of anilines is 1. The molecule has 0 spiro atoms. The lowest BCUT2D eigenvalue weighted by Gasteiger charge is -2.26. The minimum absolute atomic E-state index is 0.302. The Bertz CT molecular complexity index is 384. The van der Waals surface area contributed by atoms with Crippen molar-refractivity contribution in [3.63, 3.8) is 0 Å². The van der Waals surface area contributed by atoms with E-state index in [0.29, 0.717) is 12.1 Å². The summed E-state index contributed by atoms with van der Waals surface area (Å²) in [6, 6.07) is 0.461. The maximum Gasteiger partial charge on any atom is 0.185 e. The minimum atomic E-state index is 0.302. The van der Waals surface area contributed by atoms with Gasteiger partial charge >= 0.3 is 0 Å². The second-order valence-corrected chi connectivity index (χ2v) is 6.25. The second kappa shape index (κ2) is 6.68. The molecule has 0 radical (unpaired) electrons. The summed E-state index contributed by atoms with van der Waals surface area (Å²) >= 11 is 1.82. The third-order valence-electron chi connectivity index (χ3n) is 3.73. The zero-order valence-corrected chi connectivity index (χ0v) is 13.2. The number of aryl methyl sites for hydroxylation is 1. The van der Waals surface area contributed by atoms with Gasteiger partial charge in [-0.2, -0.15) is 0 Å². The second-order valence-electron chi connectivity index (χ2n) is 5.19. The first kappa shape index (κ1) is 14.8. The van der Waals surface area contributed by atoms with Gasteiger partial charge in [-0.15, -0.1) is 11.3 Å². The van der Waals surface area contributed by atoms with Gasteiger partial charge in [-0.1, -0.05) is 13.3 Å². The molecule has 1 fully saturated rings. The SMILES string of the molecule is CCCc1nc(N(C)C2CCOC2C)sc1CNC. The maximum absolute atomic E-state index is 5.66. The predicted octanol–water partition coefficient (Wildman–Crippen LogP) is 2.43. The molecule has 19 heavy (non-hydrogen) atoms. The highest BCUT2D eigenvalue weighted by Gasteiger charge is 2.29. The van der Waals surface area contributed by atoms with Gasteiger partial charge in [0.2, 0.25) is 0 Å². The topological polar surface area (TPSA) is 37.4 Å². The lowest BCUT2D eigenvalue weighted by Crippen LogP contribution is -2.36. The zero-order chi connectivity index (χ0) is 13.8. The Kier molecular flexibility index (Phi) is 5.19. The van der Waals surface area contributed by atoms with Gasteiger partial charge in [0.1, 0.15) is 0 Å². The first-order chi connectivity index (χ1) is 9.17. The van der Waals surface area contributed by atoms with E-state index in [0.717, 1.165) is 37.5 Å². The molecule has 0 aromatic carbocycles. The van der Waals surface area contributed by atoms with E-state index in [1.807, 2.05) is 18.4 Å². The molecule has 2 atom stereocenters. The minimum Gasteiger partial charge on any atom is -0.376 e. The van der Waals surface area contributed by atoms with E-state index in [1.165, 1.54) is 10.6 Å². The first-order valence-electron chi connectivity index (χ1n) is 7.15. The van der Waals surface area contributed by atoms with Crippen LogP contribution in [0.25, 0.3) is 0 Å². The van der Waals surface area contributed by atoms with Crippen LogP contribution in [-0.2, 0) is 17.7 Å². The molecule has 5 heteroatoms. The monoisotopic (exact) mass is 283 g/mol. The molecule has 0 saturated carbocycles. The van der Waals surface area contributed by atoms with Crippen LogP contribution in [0.2, 0.25) is 0 Å². The molecular weight excluding hydrogens is 258 g/mol. The number of hydrogen-bond donors (Lipinski definition) is 1. The van der Waals surface area contributed by atoms with E-state index in [4.69, 9.17) is 9.72 Å². The Balaban J connectivity index is 2.16. The fourth-order valence-corrected chi connectivity index (χ4v) is 3.76. The van der Waals surface area contributed by atoms with Gasteiger partial charge in [0.05, 0.1) is 17.8 Å². The molecule has 0 amide bonds. The largest absolute Gasteiger partial charge is 0.376 e. The van der Waals surface area contributed by atoms with Gasteiger partial charge in [0.15, 0.2) is 5.13 Å². The molecule has 2 unspecified atom stereocenters. The predicted molar refractivity (Wildman–Crippen MR) is 81.1 cm³/mol. The average Bonchev–Trinajstić information content (AvgIpc) is 2.97. The number of nitrogens with zero attached hydrogens (tertiary/aromatic N) is 2. The van der Waals surface area contributed by atoms with Crippen molar-refractivity contribution in [1.29, 1.82) is 0 Å². The fourth-order valence-electron chi connectivity index (χ4n) is 2.62. The third kappa shape index (κ3) is 3.27. The highest BCUT2D eigenvalue weighted by Crippen LogP contribution is 2.30. The summed E-state index contributed by atoms with van der Waals surface area (Å²) in [6.45, 7) is 6.15. The van der Waals surface area contributed by atoms with E-state index in [2.05, 4.69) is 31.1 Å². The van der Waals surface area contributed by atoms with Crippen molar-refractivity contribution in [2.75, 3.05) is 25.6 Å². The van der Waals surface area contributed by atoms with Crippen LogP contribution in [0.1, 0.15) is 37.3 Å². The van der Waals surface area contributed by atoms with Gasteiger partial charge in [-0.3, -0.25) is 0 Å². The quantitative estimate of drug-likeness (QED) is 0.870. The number of ether oxygens (including phenoxy) is 1. The van der Waals surface area contributed by atoms with Crippen LogP contribution in [0.5, 0.6) is 0 Å². The summed E-state index contributed by atoms with van der Waals surface area (Å²) in [5.74, 6) is 0. The highest BCUT2D eigenvalue weighted by molar-refractivity contribution is 7.15. The molecule has 108 valence electrons. The third-order valence-corrected chi connectivity index (χ3v) is 4.91. The van der Waals surface area contributed by atoms with Crippen LogP contribution in [0.3, 0.4) is 0 Å². The average molecular weight is 283 g/mol. The van der Waals surface area contributed by atoms with Crippen molar-refractivity contribution in [3.05, 3.63) is 10.6 Å².